The third kappa shape index (κ3) is 4.43. The van der Waals surface area contributed by atoms with Crippen molar-refractivity contribution in [3.8, 4) is 0 Å². The monoisotopic (exact) mass is 306 g/mol. The highest BCUT2D eigenvalue weighted by atomic mass is 32.2. The molecular weight excluding hydrogens is 284 g/mol. The van der Waals surface area contributed by atoms with Crippen molar-refractivity contribution in [1.29, 1.82) is 0 Å². The van der Waals surface area contributed by atoms with Crippen LogP contribution in [0.2, 0.25) is 0 Å². The Bertz CT molecular complexity index is 618. The molecule has 1 aliphatic carbocycles. The van der Waals surface area contributed by atoms with Crippen LogP contribution in [0.1, 0.15) is 37.7 Å². The van der Waals surface area contributed by atoms with Crippen molar-refractivity contribution in [3.05, 3.63) is 42.5 Å². The van der Waals surface area contributed by atoms with E-state index in [4.69, 9.17) is 0 Å². The number of benzene rings is 1. The number of rotatable bonds is 5. The molecule has 0 aliphatic heterocycles. The Labute approximate surface area is 127 Å². The molecule has 114 valence electrons. The molecule has 0 bridgehead atoms. The normalized spacial score (nSPS) is 21.2. The smallest absolute Gasteiger partial charge is 0.200 e. The van der Waals surface area contributed by atoms with Crippen LogP contribution in [0.5, 0.6) is 0 Å². The Morgan fingerprint density at radius 3 is 2.76 bits per heavy atom. The second-order valence-electron chi connectivity index (χ2n) is 5.57. The van der Waals surface area contributed by atoms with Crippen LogP contribution in [0, 0.1) is 12.8 Å². The van der Waals surface area contributed by atoms with Gasteiger partial charge in [0.15, 0.2) is 0 Å². The van der Waals surface area contributed by atoms with E-state index in [0.717, 1.165) is 43.4 Å². The van der Waals surface area contributed by atoms with Crippen LogP contribution in [0.15, 0.2) is 46.9 Å². The first-order chi connectivity index (χ1) is 10.0. The maximum atomic E-state index is 12.2. The second-order valence-corrected chi connectivity index (χ2v) is 7.23. The fraction of sp³-hybridized carbons (Fsp3) is 0.438. The van der Waals surface area contributed by atoms with Crippen molar-refractivity contribution in [2.45, 2.75) is 43.9 Å². The summed E-state index contributed by atoms with van der Waals surface area (Å²) in [6.07, 6.45) is 6.82. The zero-order chi connectivity index (χ0) is 15.3. The maximum absolute atomic E-state index is 12.2. The van der Waals surface area contributed by atoms with Crippen LogP contribution in [0.3, 0.4) is 0 Å². The van der Waals surface area contributed by atoms with E-state index in [0.29, 0.717) is 5.92 Å². The summed E-state index contributed by atoms with van der Waals surface area (Å²) in [6.45, 7) is 5.68. The van der Waals surface area contributed by atoms with Crippen LogP contribution >= 0.6 is 0 Å². The summed E-state index contributed by atoms with van der Waals surface area (Å²) in [6, 6.07) is 6.75. The Morgan fingerprint density at radius 1 is 1.38 bits per heavy atom. The molecule has 0 aromatic heterocycles. The van der Waals surface area contributed by atoms with Crippen molar-refractivity contribution in [3.63, 3.8) is 0 Å². The molecule has 0 radical (unpaired) electrons. The van der Waals surface area contributed by atoms with E-state index in [2.05, 4.69) is 16.5 Å². The highest BCUT2D eigenvalue weighted by Gasteiger charge is 2.18. The van der Waals surface area contributed by atoms with Crippen LogP contribution < -0.4 is 4.83 Å². The molecule has 0 spiro atoms. The zero-order valence-electron chi connectivity index (χ0n) is 12.4. The number of hydrogen-bond acceptors (Lipinski definition) is 3. The first-order valence-corrected chi connectivity index (χ1v) is 8.74. The Morgan fingerprint density at radius 2 is 2.10 bits per heavy atom. The van der Waals surface area contributed by atoms with Crippen LogP contribution in [0.4, 0.5) is 0 Å². The van der Waals surface area contributed by atoms with E-state index in [9.17, 15) is 8.42 Å². The summed E-state index contributed by atoms with van der Waals surface area (Å²) in [7, 11) is -3.56. The lowest BCUT2D eigenvalue weighted by molar-refractivity contribution is 0.463. The molecule has 5 heteroatoms. The van der Waals surface area contributed by atoms with Crippen LogP contribution in [0.25, 0.3) is 0 Å². The highest BCUT2D eigenvalue weighted by Crippen LogP contribution is 2.25. The number of sulfonamides is 1. The molecule has 1 aromatic carbocycles. The van der Waals surface area contributed by atoms with E-state index in [1.165, 1.54) is 0 Å². The molecule has 1 atom stereocenters. The predicted octanol–water partition coefficient (Wildman–Crippen LogP) is 3.40. The van der Waals surface area contributed by atoms with Gasteiger partial charge in [-0.05, 0) is 57.1 Å². The molecule has 1 saturated carbocycles. The van der Waals surface area contributed by atoms with E-state index >= 15 is 0 Å². The molecule has 0 amide bonds. The molecule has 1 aromatic rings. The number of hydrazone groups is 1. The third-order valence-corrected chi connectivity index (χ3v) is 4.98. The topological polar surface area (TPSA) is 58.5 Å². The SMILES string of the molecule is C=CCC1CCC/C(=N\NS(=O)(=O)c2ccc(C)cc2)C1. The average Bonchev–Trinajstić information content (AvgIpc) is 2.47. The summed E-state index contributed by atoms with van der Waals surface area (Å²) < 4.78 is 24.3. The van der Waals surface area contributed by atoms with E-state index in [1.54, 1.807) is 24.3 Å². The Kier molecular flexibility index (Phi) is 5.17. The lowest BCUT2D eigenvalue weighted by Gasteiger charge is -2.21. The number of hydrogen-bond donors (Lipinski definition) is 1. The fourth-order valence-corrected chi connectivity index (χ4v) is 3.41. The lowest BCUT2D eigenvalue weighted by Crippen LogP contribution is -2.23. The van der Waals surface area contributed by atoms with Crippen LogP contribution in [-0.4, -0.2) is 14.1 Å². The van der Waals surface area contributed by atoms with Gasteiger partial charge in [-0.1, -0.05) is 23.8 Å². The fourth-order valence-electron chi connectivity index (χ4n) is 2.57. The van der Waals surface area contributed by atoms with Crippen molar-refractivity contribution in [1.82, 2.24) is 4.83 Å². The summed E-state index contributed by atoms with van der Waals surface area (Å²) in [5.74, 6) is 0.541. The minimum Gasteiger partial charge on any atom is -0.200 e. The van der Waals surface area contributed by atoms with Crippen molar-refractivity contribution >= 4 is 15.7 Å². The van der Waals surface area contributed by atoms with Crippen molar-refractivity contribution in [2.24, 2.45) is 11.0 Å². The van der Waals surface area contributed by atoms with E-state index in [-0.39, 0.29) is 4.90 Å². The van der Waals surface area contributed by atoms with Gasteiger partial charge < -0.3 is 0 Å². The largest absolute Gasteiger partial charge is 0.276 e. The number of nitrogens with one attached hydrogen (secondary N) is 1. The van der Waals surface area contributed by atoms with Gasteiger partial charge in [-0.25, -0.2) is 4.83 Å². The van der Waals surface area contributed by atoms with Gasteiger partial charge >= 0.3 is 0 Å². The van der Waals surface area contributed by atoms with Crippen LogP contribution in [-0.2, 0) is 10.0 Å². The molecule has 1 unspecified atom stereocenters. The minimum atomic E-state index is -3.56. The van der Waals surface area contributed by atoms with Gasteiger partial charge in [0.1, 0.15) is 0 Å². The minimum absolute atomic E-state index is 0.246. The van der Waals surface area contributed by atoms with Gasteiger partial charge in [0.2, 0.25) is 0 Å². The Hall–Kier alpha value is -1.62. The van der Waals surface area contributed by atoms with E-state index < -0.39 is 10.0 Å². The highest BCUT2D eigenvalue weighted by molar-refractivity contribution is 7.89. The summed E-state index contributed by atoms with van der Waals surface area (Å²) >= 11 is 0. The van der Waals surface area contributed by atoms with E-state index in [1.807, 2.05) is 13.0 Å². The van der Waals surface area contributed by atoms with Gasteiger partial charge in [-0.15, -0.1) is 6.58 Å². The van der Waals surface area contributed by atoms with Gasteiger partial charge in [0.25, 0.3) is 10.0 Å². The number of allylic oxidation sites excluding steroid dienone is 1. The molecule has 1 aliphatic rings. The quantitative estimate of drug-likeness (QED) is 0.669. The molecule has 0 saturated heterocycles. The molecule has 4 nitrogen and oxygen atoms in total. The van der Waals surface area contributed by atoms with Crippen molar-refractivity contribution < 1.29 is 8.42 Å². The lowest BCUT2D eigenvalue weighted by atomic mass is 9.86. The standard InChI is InChI=1S/C16H22N2O2S/c1-3-5-14-6-4-7-15(12-14)17-18-21(19,20)16-10-8-13(2)9-11-16/h3,8-11,14,18H,1,4-7,12H2,2H3/b17-15+. The second kappa shape index (κ2) is 6.89. The van der Waals surface area contributed by atoms with Gasteiger partial charge in [-0.2, -0.15) is 13.5 Å². The summed E-state index contributed by atoms with van der Waals surface area (Å²) in [5.41, 5.74) is 1.96. The Balaban J connectivity index is 2.05. The first-order valence-electron chi connectivity index (χ1n) is 7.26. The molecule has 1 N–H and O–H groups in total. The predicted molar refractivity (Wildman–Crippen MR) is 85.7 cm³/mol. The average molecular weight is 306 g/mol. The summed E-state index contributed by atoms with van der Waals surface area (Å²) in [5, 5.41) is 4.13. The molecule has 2 rings (SSSR count). The number of nitrogens with zero attached hydrogens (tertiary/aromatic N) is 1. The molecule has 1 fully saturated rings. The summed E-state index contributed by atoms with van der Waals surface area (Å²) in [4.78, 5) is 2.61. The molecule has 21 heavy (non-hydrogen) atoms. The zero-order valence-corrected chi connectivity index (χ0v) is 13.2. The van der Waals surface area contributed by atoms with Gasteiger partial charge in [-0.3, -0.25) is 0 Å². The molecular formula is C16H22N2O2S. The maximum Gasteiger partial charge on any atom is 0.276 e. The first kappa shape index (κ1) is 15.8. The van der Waals surface area contributed by atoms with Gasteiger partial charge in [0, 0.05) is 5.71 Å². The van der Waals surface area contributed by atoms with Crippen molar-refractivity contribution in [2.75, 3.05) is 0 Å². The molecule has 0 heterocycles. The third-order valence-electron chi connectivity index (χ3n) is 3.76. The van der Waals surface area contributed by atoms with Gasteiger partial charge in [0.05, 0.1) is 4.90 Å². The number of aryl methyl sites for hydroxylation is 1.